The minimum atomic E-state index is -5.01. The Labute approximate surface area is 157 Å². The number of urea groups is 1. The fourth-order valence-corrected chi connectivity index (χ4v) is 3.63. The highest BCUT2D eigenvalue weighted by molar-refractivity contribution is 7.53. The molecule has 0 heterocycles. The number of rotatable bonds is 13. The standard InChI is InChI=1S/C13H27N3O9P2/c1-10(2)12(17)14-8-9-16-13(18)15-7-5-3-4-6-11(26(19,20)21)25-27(22,23)24/h11H,1,3-9H2,2H3,(H,14,17)(H2,15,16,18)(H2,19,20,21)(H2,22,23,24). The summed E-state index contributed by atoms with van der Waals surface area (Å²) in [7, 11) is -9.81. The van der Waals surface area contributed by atoms with E-state index >= 15 is 0 Å². The van der Waals surface area contributed by atoms with Gasteiger partial charge in [-0.1, -0.05) is 19.4 Å². The van der Waals surface area contributed by atoms with Gasteiger partial charge in [-0.3, -0.25) is 13.9 Å². The quantitative estimate of drug-likeness (QED) is 0.121. The Kier molecular flexibility index (Phi) is 11.7. The van der Waals surface area contributed by atoms with Crippen LogP contribution in [0.4, 0.5) is 4.79 Å². The van der Waals surface area contributed by atoms with Gasteiger partial charge >= 0.3 is 21.4 Å². The van der Waals surface area contributed by atoms with Crippen LogP contribution in [0.5, 0.6) is 0 Å². The summed E-state index contributed by atoms with van der Waals surface area (Å²) < 4.78 is 26.0. The lowest BCUT2D eigenvalue weighted by Crippen LogP contribution is -2.40. The van der Waals surface area contributed by atoms with Crippen LogP contribution in [0.3, 0.4) is 0 Å². The van der Waals surface area contributed by atoms with Crippen molar-refractivity contribution in [3.8, 4) is 0 Å². The molecule has 7 N–H and O–H groups in total. The number of unbranched alkanes of at least 4 members (excludes halogenated alkanes) is 2. The molecule has 0 saturated heterocycles. The third-order valence-electron chi connectivity index (χ3n) is 3.13. The maximum Gasteiger partial charge on any atom is 0.470 e. The van der Waals surface area contributed by atoms with Crippen molar-refractivity contribution < 1.29 is 42.8 Å². The lowest BCUT2D eigenvalue weighted by atomic mass is 10.2. The molecule has 0 rings (SSSR count). The molecule has 0 bridgehead atoms. The van der Waals surface area contributed by atoms with Crippen LogP contribution in [-0.2, 0) is 18.4 Å². The number of phosphoric acid groups is 1. The van der Waals surface area contributed by atoms with Crippen LogP contribution in [0, 0.1) is 0 Å². The van der Waals surface area contributed by atoms with Crippen molar-refractivity contribution in [2.75, 3.05) is 19.6 Å². The maximum atomic E-state index is 11.5. The van der Waals surface area contributed by atoms with E-state index in [9.17, 15) is 18.7 Å². The summed E-state index contributed by atoms with van der Waals surface area (Å²) in [6.07, 6.45) is 0.954. The first kappa shape index (κ1) is 25.7. The third kappa shape index (κ3) is 14.5. The number of carbonyl (C=O) groups excluding carboxylic acids is 2. The Bertz CT molecular complexity index is 602. The molecule has 1 unspecified atom stereocenters. The Morgan fingerprint density at radius 1 is 0.963 bits per heavy atom. The van der Waals surface area contributed by atoms with Gasteiger partial charge in [0, 0.05) is 25.2 Å². The first-order valence-corrected chi connectivity index (χ1v) is 11.3. The maximum absolute atomic E-state index is 11.5. The molecule has 27 heavy (non-hydrogen) atoms. The van der Waals surface area contributed by atoms with Gasteiger partial charge in [0.25, 0.3) is 0 Å². The van der Waals surface area contributed by atoms with E-state index in [-0.39, 0.29) is 31.8 Å². The molecular formula is C13H27N3O9P2. The summed E-state index contributed by atoms with van der Waals surface area (Å²) in [5.41, 5.74) is 0.367. The Hall–Kier alpha value is -1.26. The van der Waals surface area contributed by atoms with E-state index in [1.165, 1.54) is 0 Å². The summed E-state index contributed by atoms with van der Waals surface area (Å²) in [5, 5.41) is 7.64. The second kappa shape index (κ2) is 12.2. The van der Waals surface area contributed by atoms with E-state index in [0.29, 0.717) is 25.0 Å². The van der Waals surface area contributed by atoms with Gasteiger partial charge in [-0.15, -0.1) is 0 Å². The van der Waals surface area contributed by atoms with Gasteiger partial charge in [-0.25, -0.2) is 9.36 Å². The summed E-state index contributed by atoms with van der Waals surface area (Å²) in [6, 6.07) is -0.433. The smallest absolute Gasteiger partial charge is 0.351 e. The SMILES string of the molecule is C=C(C)C(=O)NCCNC(=O)NCCCCCC(OP(=O)(O)O)P(=O)(O)O. The van der Waals surface area contributed by atoms with Gasteiger partial charge < -0.3 is 35.5 Å². The zero-order valence-corrected chi connectivity index (χ0v) is 16.7. The van der Waals surface area contributed by atoms with Crippen molar-refractivity contribution in [1.82, 2.24) is 16.0 Å². The van der Waals surface area contributed by atoms with Crippen molar-refractivity contribution in [2.24, 2.45) is 0 Å². The van der Waals surface area contributed by atoms with Gasteiger partial charge in [0.15, 0.2) is 5.85 Å². The van der Waals surface area contributed by atoms with Crippen LogP contribution in [0.2, 0.25) is 0 Å². The number of phosphoric ester groups is 1. The first-order valence-electron chi connectivity index (χ1n) is 8.07. The summed E-state index contributed by atoms with van der Waals surface area (Å²) in [5.74, 6) is -2.17. The highest BCUT2D eigenvalue weighted by atomic mass is 31.2. The predicted octanol–water partition coefficient (Wildman–Crippen LogP) is 0.151. The zero-order chi connectivity index (χ0) is 21.1. The molecule has 0 saturated carbocycles. The topological polar surface area (TPSA) is 195 Å². The minimum Gasteiger partial charge on any atom is -0.351 e. The van der Waals surface area contributed by atoms with Crippen LogP contribution in [0.15, 0.2) is 12.2 Å². The normalized spacial score (nSPS) is 12.9. The molecule has 3 amide bonds. The van der Waals surface area contributed by atoms with Crippen LogP contribution in [-0.4, -0.2) is 57.0 Å². The van der Waals surface area contributed by atoms with Crippen molar-refractivity contribution in [3.63, 3.8) is 0 Å². The number of carbonyl (C=O) groups is 2. The molecule has 0 aromatic carbocycles. The molecule has 0 aromatic heterocycles. The van der Waals surface area contributed by atoms with Crippen molar-refractivity contribution in [1.29, 1.82) is 0 Å². The van der Waals surface area contributed by atoms with Crippen molar-refractivity contribution in [3.05, 3.63) is 12.2 Å². The fourth-order valence-electron chi connectivity index (χ4n) is 1.83. The first-order chi connectivity index (χ1) is 12.3. The van der Waals surface area contributed by atoms with Gasteiger partial charge in [-0.2, -0.15) is 0 Å². The number of amides is 3. The molecule has 0 aromatic rings. The molecule has 158 valence electrons. The number of hydrogen-bond acceptors (Lipinski definition) is 5. The average molecular weight is 431 g/mol. The van der Waals surface area contributed by atoms with Gasteiger partial charge in [0.05, 0.1) is 0 Å². The Balaban J connectivity index is 3.87. The largest absolute Gasteiger partial charge is 0.470 e. The molecule has 12 nitrogen and oxygen atoms in total. The lowest BCUT2D eigenvalue weighted by Gasteiger charge is -2.19. The van der Waals surface area contributed by atoms with Crippen molar-refractivity contribution in [2.45, 2.75) is 38.5 Å². The summed E-state index contributed by atoms with van der Waals surface area (Å²) >= 11 is 0. The third-order valence-corrected chi connectivity index (χ3v) is 4.94. The van der Waals surface area contributed by atoms with Crippen LogP contribution < -0.4 is 16.0 Å². The van der Waals surface area contributed by atoms with Gasteiger partial charge in [0.1, 0.15) is 0 Å². The molecule has 0 spiro atoms. The van der Waals surface area contributed by atoms with E-state index in [1.54, 1.807) is 6.92 Å². The lowest BCUT2D eigenvalue weighted by molar-refractivity contribution is -0.117. The fraction of sp³-hybridized carbons (Fsp3) is 0.692. The molecule has 0 aliphatic heterocycles. The second-order valence-electron chi connectivity index (χ2n) is 5.71. The molecular weight excluding hydrogens is 404 g/mol. The van der Waals surface area contributed by atoms with Gasteiger partial charge in [0.2, 0.25) is 5.91 Å². The van der Waals surface area contributed by atoms with Crippen LogP contribution >= 0.6 is 15.4 Å². The molecule has 14 heteroatoms. The van der Waals surface area contributed by atoms with Gasteiger partial charge in [-0.05, 0) is 19.8 Å². The molecule has 0 aliphatic rings. The predicted molar refractivity (Wildman–Crippen MR) is 96.7 cm³/mol. The zero-order valence-electron chi connectivity index (χ0n) is 15.0. The van der Waals surface area contributed by atoms with E-state index in [4.69, 9.17) is 19.6 Å². The monoisotopic (exact) mass is 431 g/mol. The molecule has 0 radical (unpaired) electrons. The highest BCUT2D eigenvalue weighted by Gasteiger charge is 2.35. The Morgan fingerprint density at radius 3 is 2.04 bits per heavy atom. The van der Waals surface area contributed by atoms with E-state index < -0.39 is 27.3 Å². The Morgan fingerprint density at radius 2 is 1.52 bits per heavy atom. The molecule has 1 atom stereocenters. The average Bonchev–Trinajstić information content (AvgIpc) is 2.51. The van der Waals surface area contributed by atoms with Crippen molar-refractivity contribution >= 4 is 27.4 Å². The molecule has 0 fully saturated rings. The van der Waals surface area contributed by atoms with E-state index in [1.807, 2.05) is 0 Å². The highest BCUT2D eigenvalue weighted by Crippen LogP contribution is 2.52. The van der Waals surface area contributed by atoms with Crippen LogP contribution in [0.1, 0.15) is 32.6 Å². The summed E-state index contributed by atoms with van der Waals surface area (Å²) in [4.78, 5) is 58.1. The summed E-state index contributed by atoms with van der Waals surface area (Å²) in [6.45, 7) is 5.82. The minimum absolute atomic E-state index is 0.231. The number of nitrogens with one attached hydrogen (secondary N) is 3. The second-order valence-corrected chi connectivity index (χ2v) is 8.65. The number of hydrogen-bond donors (Lipinski definition) is 7. The molecule has 0 aliphatic carbocycles. The van der Waals surface area contributed by atoms with Crippen LogP contribution in [0.25, 0.3) is 0 Å². The van der Waals surface area contributed by atoms with E-state index in [2.05, 4.69) is 27.1 Å². The van der Waals surface area contributed by atoms with E-state index in [0.717, 1.165) is 0 Å².